The number of hydrogen-bond acceptors (Lipinski definition) is 7. The second-order valence-electron chi connectivity index (χ2n) is 8.42. The second-order valence-corrected chi connectivity index (χ2v) is 11.4. The number of pyridine rings is 1. The molecule has 2 N–H and O–H groups in total. The maximum absolute atomic E-state index is 14.2. The molecule has 166 valence electrons. The Balaban J connectivity index is 1.39. The highest BCUT2D eigenvalue weighted by Gasteiger charge is 2.35. The number of rotatable bonds is 3. The van der Waals surface area contributed by atoms with Gasteiger partial charge in [0.15, 0.2) is 0 Å². The third kappa shape index (κ3) is 4.11. The summed E-state index contributed by atoms with van der Waals surface area (Å²) in [6.07, 6.45) is 5.54. The van der Waals surface area contributed by atoms with Gasteiger partial charge in [0.2, 0.25) is 0 Å². The van der Waals surface area contributed by atoms with Gasteiger partial charge < -0.3 is 15.4 Å². The van der Waals surface area contributed by atoms with Crippen molar-refractivity contribution in [1.29, 1.82) is 5.26 Å². The smallest absolute Gasteiger partial charge is 0.136 e. The molecule has 0 spiro atoms. The molecule has 0 amide bonds. The molecule has 0 bridgehead atoms. The Kier molecular flexibility index (Phi) is 5.75. The first kappa shape index (κ1) is 20.6. The summed E-state index contributed by atoms with van der Waals surface area (Å²) in [5.74, 6) is 2.05. The summed E-state index contributed by atoms with van der Waals surface area (Å²) >= 11 is 0. The van der Waals surface area contributed by atoms with Gasteiger partial charge in [0.25, 0.3) is 0 Å². The van der Waals surface area contributed by atoms with E-state index in [0.29, 0.717) is 43.4 Å². The summed E-state index contributed by atoms with van der Waals surface area (Å²) in [5, 5.41) is 20.4. The number of nitrogens with one attached hydrogen (secondary N) is 2. The van der Waals surface area contributed by atoms with Crippen LogP contribution in [0.1, 0.15) is 30.0 Å². The molecule has 0 aromatic carbocycles. The molecular weight excluding hydrogens is 414 g/mol. The lowest BCUT2D eigenvalue weighted by Gasteiger charge is -2.45. The number of amidine groups is 1. The van der Waals surface area contributed by atoms with Gasteiger partial charge in [-0.1, -0.05) is 6.07 Å². The van der Waals surface area contributed by atoms with Crippen molar-refractivity contribution >= 4 is 21.5 Å². The molecule has 3 fully saturated rings. The van der Waals surface area contributed by atoms with E-state index in [9.17, 15) is 9.47 Å². The fraction of sp³-hybridized carbons (Fsp3) is 0.571. The van der Waals surface area contributed by atoms with Crippen molar-refractivity contribution in [3.05, 3.63) is 35.7 Å². The molecule has 9 nitrogen and oxygen atoms in total. The van der Waals surface area contributed by atoms with Crippen LogP contribution in [0.4, 0.5) is 0 Å². The van der Waals surface area contributed by atoms with E-state index in [1.807, 2.05) is 18.3 Å². The number of thiol groups is 1. The zero-order valence-electron chi connectivity index (χ0n) is 17.5. The highest BCUT2D eigenvalue weighted by molar-refractivity contribution is 8.01. The minimum Gasteiger partial charge on any atom is -0.372 e. The highest BCUT2D eigenvalue weighted by atomic mass is 32.3. The number of ether oxygens (including phenoxy) is 1. The monoisotopic (exact) mass is 443 g/mol. The first-order chi connectivity index (χ1) is 15.2. The zero-order chi connectivity index (χ0) is 21.3. The predicted octanol–water partition coefficient (Wildman–Crippen LogP) is 0.265. The van der Waals surface area contributed by atoms with Gasteiger partial charge in [0.1, 0.15) is 18.5 Å². The maximum Gasteiger partial charge on any atom is 0.136 e. The van der Waals surface area contributed by atoms with E-state index < -0.39 is 10.1 Å². The Bertz CT molecular complexity index is 1070. The summed E-state index contributed by atoms with van der Waals surface area (Å²) in [6.45, 7) is 4.33. The van der Waals surface area contributed by atoms with E-state index in [1.54, 1.807) is 10.7 Å². The van der Waals surface area contributed by atoms with Crippen LogP contribution in [0.15, 0.2) is 29.5 Å². The maximum atomic E-state index is 14.2. The molecule has 3 aliphatic heterocycles. The number of hydrogen-bond donors (Lipinski definition) is 3. The van der Waals surface area contributed by atoms with Gasteiger partial charge in [-0.25, -0.2) is 4.52 Å². The van der Waals surface area contributed by atoms with E-state index in [0.717, 1.165) is 42.8 Å². The normalized spacial score (nSPS) is 27.3. The molecule has 2 aromatic heterocycles. The largest absolute Gasteiger partial charge is 0.372 e. The molecule has 10 heteroatoms. The number of piperidine rings is 1. The molecule has 2 aromatic rings. The molecular formula is C21H29N7O2S. The van der Waals surface area contributed by atoms with Crippen molar-refractivity contribution in [3.63, 3.8) is 0 Å². The molecule has 3 aliphatic rings. The van der Waals surface area contributed by atoms with Gasteiger partial charge in [-0.15, -0.1) is 0 Å². The molecule has 0 aliphatic carbocycles. The van der Waals surface area contributed by atoms with E-state index in [4.69, 9.17) is 9.73 Å². The standard InChI is InChI=1S/C21H29N7O2S/c22-11-17-12-25-27-13-16(1-2-20(17)27)19-15-31(29,10-7-24-19)28-8-9-30-14-21(28)26-18-3-5-23-6-4-18/h1-2,12-13,18-19,23-24,31H,3-10,14-15H2. The minimum absolute atomic E-state index is 0.0262. The van der Waals surface area contributed by atoms with E-state index in [1.165, 1.54) is 0 Å². The molecule has 1 atom stereocenters. The molecule has 31 heavy (non-hydrogen) atoms. The Morgan fingerprint density at radius 1 is 1.29 bits per heavy atom. The van der Waals surface area contributed by atoms with E-state index in [2.05, 4.69) is 26.1 Å². The van der Waals surface area contributed by atoms with Crippen molar-refractivity contribution in [2.45, 2.75) is 24.9 Å². The first-order valence-electron chi connectivity index (χ1n) is 11.0. The first-order valence-corrected chi connectivity index (χ1v) is 13.0. The lowest BCUT2D eigenvalue weighted by molar-refractivity contribution is 0.138. The van der Waals surface area contributed by atoms with Crippen LogP contribution in [0.25, 0.3) is 5.52 Å². The van der Waals surface area contributed by atoms with Crippen molar-refractivity contribution in [2.75, 3.05) is 50.9 Å². The SMILES string of the molecule is N#Cc1cnn2cc(C3C[SH](=O)(N4CCOCC4=NC4CCNCC4)CCN3)ccc12. The Labute approximate surface area is 183 Å². The quantitative estimate of drug-likeness (QED) is 0.588. The van der Waals surface area contributed by atoms with Gasteiger partial charge in [0.05, 0.1) is 36.5 Å². The van der Waals surface area contributed by atoms with Crippen LogP contribution in [0.5, 0.6) is 0 Å². The lowest BCUT2D eigenvalue weighted by Crippen LogP contribution is -2.57. The van der Waals surface area contributed by atoms with Crippen molar-refractivity contribution < 1.29 is 8.95 Å². The van der Waals surface area contributed by atoms with Gasteiger partial charge >= 0.3 is 0 Å². The van der Waals surface area contributed by atoms with Crippen molar-refractivity contribution in [2.24, 2.45) is 4.99 Å². The molecule has 0 saturated carbocycles. The fourth-order valence-electron chi connectivity index (χ4n) is 4.75. The van der Waals surface area contributed by atoms with Gasteiger partial charge in [-0.3, -0.25) is 13.5 Å². The summed E-state index contributed by atoms with van der Waals surface area (Å²) in [4.78, 5) is 4.99. The highest BCUT2D eigenvalue weighted by Crippen LogP contribution is 2.28. The molecule has 0 radical (unpaired) electrons. The minimum atomic E-state index is -2.63. The average molecular weight is 444 g/mol. The van der Waals surface area contributed by atoms with Crippen molar-refractivity contribution in [3.8, 4) is 6.07 Å². The third-order valence-corrected chi connectivity index (χ3v) is 9.61. The summed E-state index contributed by atoms with van der Waals surface area (Å²) in [6, 6.07) is 6.34. The summed E-state index contributed by atoms with van der Waals surface area (Å²) in [7, 11) is -2.63. The number of aliphatic imine (C=N–C) groups is 1. The third-order valence-electron chi connectivity index (χ3n) is 6.44. The predicted molar refractivity (Wildman–Crippen MR) is 121 cm³/mol. The van der Waals surface area contributed by atoms with Crippen LogP contribution >= 0.6 is 0 Å². The molecule has 1 unspecified atom stereocenters. The van der Waals surface area contributed by atoms with Crippen molar-refractivity contribution in [1.82, 2.24) is 24.6 Å². The van der Waals surface area contributed by atoms with Gasteiger partial charge in [0, 0.05) is 30.3 Å². The van der Waals surface area contributed by atoms with E-state index >= 15 is 0 Å². The number of fused-ring (bicyclic) bond motifs is 1. The Morgan fingerprint density at radius 2 is 2.16 bits per heavy atom. The summed E-state index contributed by atoms with van der Waals surface area (Å²) < 4.78 is 23.7. The van der Waals surface area contributed by atoms with Crippen LogP contribution in [0, 0.1) is 11.3 Å². The fourth-order valence-corrected chi connectivity index (χ4v) is 7.74. The van der Waals surface area contributed by atoms with Crippen LogP contribution in [-0.2, 0) is 14.9 Å². The second kappa shape index (κ2) is 8.67. The Morgan fingerprint density at radius 3 is 3.00 bits per heavy atom. The topological polar surface area (TPSA) is 107 Å². The zero-order valence-corrected chi connectivity index (χ0v) is 18.4. The molecule has 5 rings (SSSR count). The number of nitriles is 1. The van der Waals surface area contributed by atoms with Crippen LogP contribution in [0.3, 0.4) is 0 Å². The van der Waals surface area contributed by atoms with Crippen LogP contribution in [0.2, 0.25) is 0 Å². The van der Waals surface area contributed by atoms with E-state index in [-0.39, 0.29) is 12.1 Å². The lowest BCUT2D eigenvalue weighted by atomic mass is 10.1. The van der Waals surface area contributed by atoms with Crippen LogP contribution < -0.4 is 10.6 Å². The Hall–Kier alpha value is -2.32. The average Bonchev–Trinajstić information content (AvgIpc) is 3.22. The number of nitrogens with zero attached hydrogens (tertiary/aromatic N) is 5. The number of aromatic nitrogens is 2. The summed E-state index contributed by atoms with van der Waals surface area (Å²) in [5.41, 5.74) is 2.38. The van der Waals surface area contributed by atoms with Crippen LogP contribution in [-0.4, -0.2) is 80.9 Å². The van der Waals surface area contributed by atoms with Gasteiger partial charge in [-0.2, -0.15) is 10.4 Å². The van der Waals surface area contributed by atoms with Gasteiger partial charge in [-0.05, 0) is 47.7 Å². The number of morpholine rings is 1. The molecule has 3 saturated heterocycles. The molecule has 5 heterocycles.